The van der Waals surface area contributed by atoms with Crippen LogP contribution in [-0.4, -0.2) is 14.7 Å². The van der Waals surface area contributed by atoms with E-state index in [1.165, 1.54) is 10.4 Å². The molecule has 0 spiro atoms. The van der Waals surface area contributed by atoms with E-state index in [-0.39, 0.29) is 5.91 Å². The molecule has 89 valence electrons. The average molecular weight is 252 g/mol. The molecule has 0 atom stereocenters. The number of benzene rings is 2. The van der Waals surface area contributed by atoms with E-state index in [1.54, 1.807) is 6.92 Å². The van der Waals surface area contributed by atoms with Gasteiger partial charge in [-0.1, -0.05) is 42.9 Å². The number of para-hydroxylation sites is 2. The first-order valence-electron chi connectivity index (χ1n) is 6.03. The van der Waals surface area contributed by atoms with Crippen LogP contribution in [0.2, 0.25) is 6.55 Å². The highest BCUT2D eigenvalue weighted by Crippen LogP contribution is 2.27. The third-order valence-corrected chi connectivity index (χ3v) is 5.87. The molecular formula is C15H14NOSi. The normalized spacial score (nSPS) is 14.0. The van der Waals surface area contributed by atoms with Crippen molar-refractivity contribution >= 4 is 36.5 Å². The zero-order chi connectivity index (χ0) is 12.7. The van der Waals surface area contributed by atoms with Crippen LogP contribution in [0.25, 0.3) is 0 Å². The van der Waals surface area contributed by atoms with Gasteiger partial charge in [-0.3, -0.25) is 9.69 Å². The first-order valence-corrected chi connectivity index (χ1v) is 8.03. The van der Waals surface area contributed by atoms with Crippen LogP contribution in [0.4, 0.5) is 11.4 Å². The minimum Gasteiger partial charge on any atom is -0.282 e. The number of carbonyl (C=O) groups excluding carboxylic acids is 1. The molecule has 1 aliphatic heterocycles. The summed E-state index contributed by atoms with van der Waals surface area (Å²) in [6.45, 7) is 3.92. The molecule has 0 N–H and O–H groups in total. The minimum atomic E-state index is -0.766. The Labute approximate surface area is 108 Å². The molecule has 1 aliphatic rings. The second kappa shape index (κ2) is 4.10. The van der Waals surface area contributed by atoms with Crippen molar-refractivity contribution < 1.29 is 4.79 Å². The maximum Gasteiger partial charge on any atom is 0.228 e. The van der Waals surface area contributed by atoms with Crippen LogP contribution in [0.5, 0.6) is 0 Å². The lowest BCUT2D eigenvalue weighted by Crippen LogP contribution is -2.50. The van der Waals surface area contributed by atoms with Gasteiger partial charge in [-0.2, -0.15) is 0 Å². The van der Waals surface area contributed by atoms with Crippen LogP contribution in [0.1, 0.15) is 6.92 Å². The third-order valence-electron chi connectivity index (χ3n) is 3.41. The van der Waals surface area contributed by atoms with Gasteiger partial charge in [-0.05, 0) is 22.5 Å². The van der Waals surface area contributed by atoms with Gasteiger partial charge < -0.3 is 0 Å². The maximum absolute atomic E-state index is 12.0. The molecular weight excluding hydrogens is 238 g/mol. The van der Waals surface area contributed by atoms with E-state index < -0.39 is 8.80 Å². The Balaban J connectivity index is 2.30. The van der Waals surface area contributed by atoms with E-state index in [0.717, 1.165) is 11.4 Å². The van der Waals surface area contributed by atoms with Crippen LogP contribution in [0.3, 0.4) is 0 Å². The Bertz CT molecular complexity index is 576. The molecule has 2 aromatic rings. The Morgan fingerprint density at radius 3 is 1.83 bits per heavy atom. The van der Waals surface area contributed by atoms with Crippen LogP contribution in [-0.2, 0) is 4.79 Å². The maximum atomic E-state index is 12.0. The van der Waals surface area contributed by atoms with Gasteiger partial charge in [0.15, 0.2) is 0 Å². The van der Waals surface area contributed by atoms with E-state index >= 15 is 0 Å². The van der Waals surface area contributed by atoms with Gasteiger partial charge in [-0.25, -0.2) is 0 Å². The van der Waals surface area contributed by atoms with Crippen molar-refractivity contribution in [3.05, 3.63) is 48.5 Å². The molecule has 0 bridgehead atoms. The van der Waals surface area contributed by atoms with Crippen molar-refractivity contribution in [2.24, 2.45) is 0 Å². The molecule has 0 unspecified atom stereocenters. The molecule has 2 nitrogen and oxygen atoms in total. The van der Waals surface area contributed by atoms with E-state index in [9.17, 15) is 4.79 Å². The van der Waals surface area contributed by atoms with Gasteiger partial charge in [0.2, 0.25) is 5.91 Å². The second-order valence-corrected chi connectivity index (χ2v) is 6.84. The summed E-state index contributed by atoms with van der Waals surface area (Å²) >= 11 is 0. The Morgan fingerprint density at radius 2 is 1.39 bits per heavy atom. The minimum absolute atomic E-state index is 0.0735. The summed E-state index contributed by atoms with van der Waals surface area (Å²) in [7, 11) is -0.766. The molecule has 0 saturated heterocycles. The monoisotopic (exact) mass is 252 g/mol. The molecule has 1 heterocycles. The van der Waals surface area contributed by atoms with Crippen molar-refractivity contribution in [2.75, 3.05) is 4.90 Å². The zero-order valence-electron chi connectivity index (χ0n) is 10.5. The highest BCUT2D eigenvalue weighted by atomic mass is 28.3. The number of carbonyl (C=O) groups is 1. The smallest absolute Gasteiger partial charge is 0.228 e. The molecule has 1 radical (unpaired) electrons. The summed E-state index contributed by atoms with van der Waals surface area (Å²) in [5.74, 6) is 0.0735. The number of anilines is 2. The van der Waals surface area contributed by atoms with Crippen molar-refractivity contribution in [3.63, 3.8) is 0 Å². The Morgan fingerprint density at radius 1 is 0.944 bits per heavy atom. The standard InChI is InChI=1S/C15H14NOSi/c1-11(17)16-12-7-3-5-9-14(12)18(2)15-10-6-4-8-13(15)16/h3-10H,1-2H3. The first-order chi connectivity index (χ1) is 8.70. The number of hydrogen-bond acceptors (Lipinski definition) is 1. The zero-order valence-corrected chi connectivity index (χ0v) is 11.5. The number of amides is 1. The molecule has 0 saturated carbocycles. The third kappa shape index (κ3) is 1.51. The lowest BCUT2D eigenvalue weighted by atomic mass is 10.2. The summed E-state index contributed by atoms with van der Waals surface area (Å²) in [5, 5.41) is 2.63. The Hall–Kier alpha value is -1.87. The van der Waals surface area contributed by atoms with Gasteiger partial charge in [0, 0.05) is 18.3 Å². The average Bonchev–Trinajstić information content (AvgIpc) is 2.39. The van der Waals surface area contributed by atoms with Crippen molar-refractivity contribution in [1.82, 2.24) is 0 Å². The fourth-order valence-electron chi connectivity index (χ4n) is 2.59. The summed E-state index contributed by atoms with van der Waals surface area (Å²) in [4.78, 5) is 13.8. The topological polar surface area (TPSA) is 20.3 Å². The number of fused-ring (bicyclic) bond motifs is 2. The van der Waals surface area contributed by atoms with E-state index in [2.05, 4.69) is 30.8 Å². The summed E-state index contributed by atoms with van der Waals surface area (Å²) in [6.07, 6.45) is 0. The van der Waals surface area contributed by atoms with E-state index in [0.29, 0.717) is 0 Å². The van der Waals surface area contributed by atoms with Gasteiger partial charge in [0.1, 0.15) is 8.80 Å². The molecule has 0 fully saturated rings. The van der Waals surface area contributed by atoms with Crippen LogP contribution >= 0.6 is 0 Å². The molecule has 3 heteroatoms. The van der Waals surface area contributed by atoms with E-state index in [1.807, 2.05) is 29.2 Å². The summed E-state index contributed by atoms with van der Waals surface area (Å²) in [5.41, 5.74) is 2.11. The summed E-state index contributed by atoms with van der Waals surface area (Å²) in [6, 6.07) is 16.5. The van der Waals surface area contributed by atoms with Gasteiger partial charge in [0.05, 0.1) is 0 Å². The van der Waals surface area contributed by atoms with Gasteiger partial charge in [0.25, 0.3) is 0 Å². The second-order valence-electron chi connectivity index (χ2n) is 4.51. The predicted octanol–water partition coefficient (Wildman–Crippen LogP) is 1.92. The lowest BCUT2D eigenvalue weighted by molar-refractivity contribution is -0.115. The van der Waals surface area contributed by atoms with Crippen molar-refractivity contribution in [2.45, 2.75) is 13.5 Å². The SMILES string of the molecule is CC(=O)N1c2ccccc2[Si](C)c2ccccc21. The molecule has 3 rings (SSSR count). The van der Waals surface area contributed by atoms with Gasteiger partial charge >= 0.3 is 0 Å². The Kier molecular flexibility index (Phi) is 2.56. The highest BCUT2D eigenvalue weighted by molar-refractivity contribution is 6.87. The molecule has 2 aromatic carbocycles. The largest absolute Gasteiger partial charge is 0.282 e. The van der Waals surface area contributed by atoms with E-state index in [4.69, 9.17) is 0 Å². The number of rotatable bonds is 0. The van der Waals surface area contributed by atoms with Crippen LogP contribution in [0, 0.1) is 0 Å². The number of hydrogen-bond donors (Lipinski definition) is 0. The predicted molar refractivity (Wildman–Crippen MR) is 76.6 cm³/mol. The fraction of sp³-hybridized carbons (Fsp3) is 0.133. The molecule has 0 aromatic heterocycles. The summed E-state index contributed by atoms with van der Waals surface area (Å²) < 4.78 is 0. The van der Waals surface area contributed by atoms with Crippen molar-refractivity contribution in [3.8, 4) is 0 Å². The van der Waals surface area contributed by atoms with Crippen LogP contribution < -0.4 is 15.3 Å². The number of nitrogens with zero attached hydrogens (tertiary/aromatic N) is 1. The van der Waals surface area contributed by atoms with Crippen molar-refractivity contribution in [1.29, 1.82) is 0 Å². The molecule has 1 amide bonds. The lowest BCUT2D eigenvalue weighted by Gasteiger charge is -2.33. The van der Waals surface area contributed by atoms with Gasteiger partial charge in [-0.15, -0.1) is 0 Å². The molecule has 18 heavy (non-hydrogen) atoms. The first kappa shape index (κ1) is 11.2. The quantitative estimate of drug-likeness (QED) is 0.656. The highest BCUT2D eigenvalue weighted by Gasteiger charge is 2.30. The van der Waals surface area contributed by atoms with Crippen LogP contribution in [0.15, 0.2) is 48.5 Å². The fourth-order valence-corrected chi connectivity index (χ4v) is 4.73. The molecule has 0 aliphatic carbocycles.